The number of aryl methyl sites for hydroxylation is 2. The van der Waals surface area contributed by atoms with E-state index in [4.69, 9.17) is 18.9 Å². The Morgan fingerprint density at radius 1 is 0.795 bits per heavy atom. The van der Waals surface area contributed by atoms with Crippen LogP contribution in [0.2, 0.25) is 0 Å². The number of carbonyl (C=O) groups excluding carboxylic acids is 1. The van der Waals surface area contributed by atoms with E-state index in [-0.39, 0.29) is 26.2 Å². The first kappa shape index (κ1) is 30.9. The molecule has 1 N–H and O–H groups in total. The molecule has 4 rings (SSSR count). The summed E-state index contributed by atoms with van der Waals surface area (Å²) in [7, 11) is 0. The van der Waals surface area contributed by atoms with Crippen LogP contribution in [0.5, 0.6) is 0 Å². The molecular formula is C29H36N4O6. The number of nitrogens with zero attached hydrogens (tertiary/aromatic N) is 4. The minimum absolute atomic E-state index is 0. The number of carboxylic acid groups (broad SMARTS) is 1. The van der Waals surface area contributed by atoms with Crippen molar-refractivity contribution in [1.29, 1.82) is 0 Å². The third-order valence-corrected chi connectivity index (χ3v) is 4.96. The summed E-state index contributed by atoms with van der Waals surface area (Å²) >= 11 is 0. The van der Waals surface area contributed by atoms with E-state index in [0.29, 0.717) is 36.3 Å². The molecular weight excluding hydrogens is 500 g/mol. The molecule has 208 valence electrons. The van der Waals surface area contributed by atoms with E-state index in [0.717, 1.165) is 22.3 Å². The van der Waals surface area contributed by atoms with Crippen molar-refractivity contribution in [1.82, 2.24) is 20.3 Å². The molecule has 39 heavy (non-hydrogen) atoms. The third-order valence-electron chi connectivity index (χ3n) is 4.96. The number of esters is 1. The number of hydrogen-bond acceptors (Lipinski definition) is 9. The zero-order valence-electron chi connectivity index (χ0n) is 22.2. The van der Waals surface area contributed by atoms with Crippen LogP contribution in [0.15, 0.2) is 57.6 Å². The Kier molecular flexibility index (Phi) is 11.1. The second-order valence-electron chi connectivity index (χ2n) is 9.80. The van der Waals surface area contributed by atoms with E-state index in [1.807, 2.05) is 63.2 Å². The van der Waals surface area contributed by atoms with Crippen LogP contribution in [0.3, 0.4) is 0 Å². The van der Waals surface area contributed by atoms with E-state index < -0.39 is 11.6 Å². The van der Waals surface area contributed by atoms with Gasteiger partial charge >= 0.3 is 11.9 Å². The zero-order chi connectivity index (χ0) is 27.7. The van der Waals surface area contributed by atoms with Gasteiger partial charge in [-0.3, -0.25) is 9.59 Å². The fourth-order valence-electron chi connectivity index (χ4n) is 3.59. The summed E-state index contributed by atoms with van der Waals surface area (Å²) in [5, 5.41) is 16.2. The average molecular weight is 537 g/mol. The zero-order valence-corrected chi connectivity index (χ0v) is 22.2. The monoisotopic (exact) mass is 536 g/mol. The highest BCUT2D eigenvalue weighted by Crippen LogP contribution is 2.14. The number of ether oxygens (including phenoxy) is 1. The molecule has 0 aliphatic rings. The van der Waals surface area contributed by atoms with Crippen LogP contribution in [-0.2, 0) is 40.0 Å². The molecule has 10 heteroatoms. The highest BCUT2D eigenvalue weighted by Gasteiger charge is 2.16. The molecule has 2 aromatic heterocycles. The minimum atomic E-state index is -0.837. The van der Waals surface area contributed by atoms with Crippen LogP contribution >= 0.6 is 0 Å². The van der Waals surface area contributed by atoms with Gasteiger partial charge in [0.1, 0.15) is 5.60 Å². The van der Waals surface area contributed by atoms with Crippen LogP contribution < -0.4 is 0 Å². The molecule has 0 radical (unpaired) electrons. The Morgan fingerprint density at radius 3 is 1.62 bits per heavy atom. The van der Waals surface area contributed by atoms with Gasteiger partial charge in [-0.15, -0.1) is 0 Å². The van der Waals surface area contributed by atoms with E-state index >= 15 is 0 Å². The fraction of sp³-hybridized carbons (Fsp3) is 0.379. The molecule has 0 bridgehead atoms. The number of aromatic nitrogens is 4. The largest absolute Gasteiger partial charge is 0.481 e. The number of carboxylic acids is 1. The molecule has 0 unspecified atom stereocenters. The third kappa shape index (κ3) is 11.3. The van der Waals surface area contributed by atoms with Crippen molar-refractivity contribution in [3.8, 4) is 0 Å². The number of benzene rings is 2. The standard InChI is InChI=1S/C16H20N2O3.C12H12N2O3.CH4/c1-11-17-14(21-18-11)9-12-6-5-7-13(8-12)10-15(19)20-16(2,3)4;1-8-13-11(17-14-8)6-9-3-2-4-10(5-9)7-12(15)16;/h5-8H,9-10H2,1-4H3;2-5H,6-7H2,1H3,(H,15,16);1H4. The first-order chi connectivity index (χ1) is 17.9. The van der Waals surface area contributed by atoms with Gasteiger partial charge in [-0.2, -0.15) is 9.97 Å². The predicted octanol–water partition coefficient (Wildman–Crippen LogP) is 5.09. The van der Waals surface area contributed by atoms with Crippen LogP contribution in [-0.4, -0.2) is 42.9 Å². The van der Waals surface area contributed by atoms with Gasteiger partial charge in [-0.05, 0) is 56.9 Å². The molecule has 0 aliphatic heterocycles. The average Bonchev–Trinajstić information content (AvgIpc) is 3.40. The lowest BCUT2D eigenvalue weighted by Crippen LogP contribution is -2.24. The van der Waals surface area contributed by atoms with E-state index in [9.17, 15) is 9.59 Å². The Balaban J connectivity index is 0.000000272. The van der Waals surface area contributed by atoms with Crippen molar-refractivity contribution in [2.75, 3.05) is 0 Å². The molecule has 0 aliphatic carbocycles. The number of aliphatic carboxylic acids is 1. The lowest BCUT2D eigenvalue weighted by Gasteiger charge is -2.19. The smallest absolute Gasteiger partial charge is 0.310 e. The summed E-state index contributed by atoms with van der Waals surface area (Å²) < 4.78 is 15.4. The maximum Gasteiger partial charge on any atom is 0.310 e. The molecule has 2 heterocycles. The molecule has 0 amide bonds. The van der Waals surface area contributed by atoms with E-state index in [1.54, 1.807) is 19.9 Å². The quantitative estimate of drug-likeness (QED) is 0.303. The van der Waals surface area contributed by atoms with Crippen molar-refractivity contribution in [3.05, 3.63) is 94.2 Å². The molecule has 0 atom stereocenters. The molecule has 0 fully saturated rings. The van der Waals surface area contributed by atoms with Crippen molar-refractivity contribution in [2.45, 2.75) is 73.3 Å². The van der Waals surface area contributed by atoms with Gasteiger partial charge < -0.3 is 18.9 Å². The van der Waals surface area contributed by atoms with Gasteiger partial charge in [0.25, 0.3) is 0 Å². The summed E-state index contributed by atoms with van der Waals surface area (Å²) in [6, 6.07) is 15.1. The Bertz CT molecular complexity index is 1370. The van der Waals surface area contributed by atoms with Crippen molar-refractivity contribution < 1.29 is 28.5 Å². The number of hydrogen-bond donors (Lipinski definition) is 1. The Hall–Kier alpha value is -4.34. The first-order valence-electron chi connectivity index (χ1n) is 12.1. The molecule has 10 nitrogen and oxygen atoms in total. The molecule has 0 spiro atoms. The highest BCUT2D eigenvalue weighted by molar-refractivity contribution is 5.73. The van der Waals surface area contributed by atoms with Gasteiger partial charge in [-0.1, -0.05) is 66.3 Å². The van der Waals surface area contributed by atoms with Crippen LogP contribution in [0.1, 0.15) is 73.9 Å². The number of carbonyl (C=O) groups is 2. The second kappa shape index (κ2) is 14.0. The van der Waals surface area contributed by atoms with Gasteiger partial charge in [0.05, 0.1) is 25.7 Å². The Labute approximate surface area is 228 Å². The van der Waals surface area contributed by atoms with Gasteiger partial charge in [0.2, 0.25) is 11.8 Å². The summed E-state index contributed by atoms with van der Waals surface area (Å²) in [6.45, 7) is 9.12. The fourth-order valence-corrected chi connectivity index (χ4v) is 3.59. The van der Waals surface area contributed by atoms with Gasteiger partial charge in [0, 0.05) is 0 Å². The maximum atomic E-state index is 11.8. The van der Waals surface area contributed by atoms with Crippen LogP contribution in [0, 0.1) is 13.8 Å². The van der Waals surface area contributed by atoms with Crippen LogP contribution in [0.25, 0.3) is 0 Å². The molecule has 4 aromatic rings. The van der Waals surface area contributed by atoms with Gasteiger partial charge in [0.15, 0.2) is 11.6 Å². The normalized spacial score (nSPS) is 10.7. The summed E-state index contributed by atoms with van der Waals surface area (Å²) in [4.78, 5) is 30.7. The predicted molar refractivity (Wildman–Crippen MR) is 144 cm³/mol. The SMILES string of the molecule is C.Cc1noc(Cc2cccc(CC(=O)O)c2)n1.Cc1noc(Cc2cccc(CC(=O)OC(C)(C)C)c2)n1. The lowest BCUT2D eigenvalue weighted by molar-refractivity contribution is -0.154. The summed E-state index contributed by atoms with van der Waals surface area (Å²) in [6.07, 6.45) is 1.36. The summed E-state index contributed by atoms with van der Waals surface area (Å²) in [5.41, 5.74) is 3.21. The molecule has 2 aromatic carbocycles. The highest BCUT2D eigenvalue weighted by atomic mass is 16.6. The molecule has 0 saturated heterocycles. The maximum absolute atomic E-state index is 11.8. The van der Waals surface area contributed by atoms with Crippen molar-refractivity contribution >= 4 is 11.9 Å². The van der Waals surface area contributed by atoms with E-state index in [1.165, 1.54) is 0 Å². The topological polar surface area (TPSA) is 141 Å². The first-order valence-corrected chi connectivity index (χ1v) is 12.1. The Morgan fingerprint density at radius 2 is 1.23 bits per heavy atom. The lowest BCUT2D eigenvalue weighted by atomic mass is 10.1. The summed E-state index contributed by atoms with van der Waals surface area (Å²) in [5.74, 6) is 1.26. The van der Waals surface area contributed by atoms with Crippen LogP contribution in [0.4, 0.5) is 0 Å². The molecule has 0 saturated carbocycles. The van der Waals surface area contributed by atoms with Crippen molar-refractivity contribution in [3.63, 3.8) is 0 Å². The number of rotatable bonds is 8. The van der Waals surface area contributed by atoms with E-state index in [2.05, 4.69) is 20.3 Å². The van der Waals surface area contributed by atoms with Gasteiger partial charge in [-0.25, -0.2) is 0 Å². The second-order valence-corrected chi connectivity index (χ2v) is 9.80. The van der Waals surface area contributed by atoms with Crippen molar-refractivity contribution in [2.24, 2.45) is 0 Å². The minimum Gasteiger partial charge on any atom is -0.481 e.